The van der Waals surface area contributed by atoms with Crippen molar-refractivity contribution in [2.75, 3.05) is 18.0 Å². The summed E-state index contributed by atoms with van der Waals surface area (Å²) in [6.07, 6.45) is -2.41. The normalized spacial score (nSPS) is 18.0. The van der Waals surface area contributed by atoms with Crippen LogP contribution in [0.15, 0.2) is 36.5 Å². The highest BCUT2D eigenvalue weighted by atomic mass is 19.4. The van der Waals surface area contributed by atoms with Gasteiger partial charge in [-0.25, -0.2) is 9.37 Å². The van der Waals surface area contributed by atoms with Crippen molar-refractivity contribution in [1.29, 1.82) is 0 Å². The van der Waals surface area contributed by atoms with E-state index in [4.69, 9.17) is 0 Å². The summed E-state index contributed by atoms with van der Waals surface area (Å²) in [4.78, 5) is 5.66. The Balaban J connectivity index is 1.56. The minimum Gasteiger partial charge on any atom is -0.369 e. The topological polar surface area (TPSA) is 28.2 Å². The Kier molecular flexibility index (Phi) is 4.89. The van der Waals surface area contributed by atoms with Crippen molar-refractivity contribution >= 4 is 5.69 Å². The molecule has 1 N–H and O–H groups in total. The van der Waals surface area contributed by atoms with Gasteiger partial charge in [0.25, 0.3) is 0 Å². The Bertz CT molecular complexity index is 730. The van der Waals surface area contributed by atoms with Crippen molar-refractivity contribution in [3.63, 3.8) is 0 Å². The molecule has 1 aromatic heterocycles. The van der Waals surface area contributed by atoms with Crippen LogP contribution in [0.2, 0.25) is 0 Å². The summed E-state index contributed by atoms with van der Waals surface area (Å²) < 4.78 is 64.1. The summed E-state index contributed by atoms with van der Waals surface area (Å²) in [5.74, 6) is -1.81. The van der Waals surface area contributed by atoms with E-state index < -0.39 is 23.5 Å². The molecule has 0 amide bonds. The lowest BCUT2D eigenvalue weighted by Crippen LogP contribution is -2.32. The van der Waals surface area contributed by atoms with E-state index >= 15 is 0 Å². The molecule has 1 aliphatic heterocycles. The van der Waals surface area contributed by atoms with Gasteiger partial charge >= 0.3 is 6.18 Å². The summed E-state index contributed by atoms with van der Waals surface area (Å²) in [5, 5.41) is 3.21. The van der Waals surface area contributed by atoms with Crippen molar-refractivity contribution in [2.45, 2.75) is 25.2 Å². The molecule has 2 aromatic rings. The van der Waals surface area contributed by atoms with Gasteiger partial charge in [-0.15, -0.1) is 0 Å². The fourth-order valence-electron chi connectivity index (χ4n) is 2.88. The largest absolute Gasteiger partial charge is 0.419 e. The highest BCUT2D eigenvalue weighted by Crippen LogP contribution is 2.31. The zero-order valence-electron chi connectivity index (χ0n) is 13.2. The fraction of sp³-hybridized carbons (Fsp3) is 0.353. The van der Waals surface area contributed by atoms with Crippen LogP contribution >= 0.6 is 0 Å². The molecular weight excluding hydrogens is 341 g/mol. The van der Waals surface area contributed by atoms with Gasteiger partial charge in [-0.2, -0.15) is 17.6 Å². The molecule has 3 nitrogen and oxygen atoms in total. The third kappa shape index (κ3) is 4.25. The Morgan fingerprint density at radius 3 is 2.60 bits per heavy atom. The number of nitrogens with zero attached hydrogens (tertiary/aromatic N) is 2. The minimum atomic E-state index is -4.69. The molecule has 134 valence electrons. The number of pyridine rings is 1. The molecule has 1 unspecified atom stereocenters. The van der Waals surface area contributed by atoms with Crippen molar-refractivity contribution < 1.29 is 22.0 Å². The molecule has 2 heterocycles. The van der Waals surface area contributed by atoms with E-state index in [1.54, 1.807) is 6.07 Å². The maximum absolute atomic E-state index is 13.6. The zero-order valence-corrected chi connectivity index (χ0v) is 13.2. The van der Waals surface area contributed by atoms with Crippen molar-refractivity contribution in [3.8, 4) is 0 Å². The summed E-state index contributed by atoms with van der Waals surface area (Å²) >= 11 is 0. The van der Waals surface area contributed by atoms with Gasteiger partial charge in [-0.05, 0) is 36.2 Å². The molecule has 0 saturated carbocycles. The van der Waals surface area contributed by atoms with Crippen molar-refractivity contribution in [2.24, 2.45) is 0 Å². The number of hydrogen-bond donors (Lipinski definition) is 1. The SMILES string of the molecule is Fc1ccc(N2CCC(NCc3ccc(C(F)(F)F)c(F)c3)C2)cn1. The molecule has 3 rings (SSSR count). The van der Waals surface area contributed by atoms with Gasteiger partial charge in [0, 0.05) is 25.7 Å². The quantitative estimate of drug-likeness (QED) is 0.667. The van der Waals surface area contributed by atoms with Gasteiger partial charge in [0.05, 0.1) is 17.4 Å². The standard InChI is InChI=1S/C17H16F5N3/c18-15-7-11(1-3-14(15)17(20,21)22)8-23-12-5-6-25(10-12)13-2-4-16(19)24-9-13/h1-4,7,9,12,23H,5-6,8,10H2. The summed E-state index contributed by atoms with van der Waals surface area (Å²) in [6, 6.07) is 5.99. The van der Waals surface area contributed by atoms with Crippen LogP contribution in [0.5, 0.6) is 0 Å². The van der Waals surface area contributed by atoms with Crippen LogP contribution in [-0.4, -0.2) is 24.1 Å². The minimum absolute atomic E-state index is 0.107. The molecule has 1 fully saturated rings. The molecule has 1 aromatic carbocycles. The van der Waals surface area contributed by atoms with E-state index in [-0.39, 0.29) is 12.6 Å². The van der Waals surface area contributed by atoms with E-state index in [0.717, 1.165) is 30.8 Å². The first kappa shape index (κ1) is 17.6. The number of aromatic nitrogens is 1. The predicted octanol–water partition coefficient (Wildman–Crippen LogP) is 3.75. The lowest BCUT2D eigenvalue weighted by molar-refractivity contribution is -0.140. The molecule has 1 saturated heterocycles. The lowest BCUT2D eigenvalue weighted by Gasteiger charge is -2.18. The molecule has 0 radical (unpaired) electrons. The molecular formula is C17H16F5N3. The number of anilines is 1. The number of nitrogens with one attached hydrogen (secondary N) is 1. The fourth-order valence-corrected chi connectivity index (χ4v) is 2.88. The van der Waals surface area contributed by atoms with E-state index in [1.807, 2.05) is 4.90 Å². The molecule has 25 heavy (non-hydrogen) atoms. The van der Waals surface area contributed by atoms with Gasteiger partial charge in [0.15, 0.2) is 0 Å². The van der Waals surface area contributed by atoms with Gasteiger partial charge in [0.2, 0.25) is 5.95 Å². The maximum atomic E-state index is 13.6. The summed E-state index contributed by atoms with van der Waals surface area (Å²) in [7, 11) is 0. The average molecular weight is 357 g/mol. The third-order valence-electron chi connectivity index (χ3n) is 4.20. The zero-order chi connectivity index (χ0) is 18.0. The van der Waals surface area contributed by atoms with Crippen LogP contribution in [0.4, 0.5) is 27.6 Å². The van der Waals surface area contributed by atoms with Crippen molar-refractivity contribution in [3.05, 3.63) is 59.4 Å². The molecule has 0 bridgehead atoms. The second kappa shape index (κ2) is 6.95. The Morgan fingerprint density at radius 1 is 1.16 bits per heavy atom. The first-order valence-electron chi connectivity index (χ1n) is 7.78. The predicted molar refractivity (Wildman–Crippen MR) is 83.1 cm³/mol. The second-order valence-electron chi connectivity index (χ2n) is 5.96. The average Bonchev–Trinajstić information content (AvgIpc) is 3.01. The number of hydrogen-bond acceptors (Lipinski definition) is 3. The van der Waals surface area contributed by atoms with Crippen LogP contribution in [0.1, 0.15) is 17.5 Å². The Labute approximate surface area is 141 Å². The highest BCUT2D eigenvalue weighted by Gasteiger charge is 2.33. The van der Waals surface area contributed by atoms with E-state index in [9.17, 15) is 22.0 Å². The van der Waals surface area contributed by atoms with Crippen LogP contribution in [0.3, 0.4) is 0 Å². The van der Waals surface area contributed by atoms with Crippen molar-refractivity contribution in [1.82, 2.24) is 10.3 Å². The van der Waals surface area contributed by atoms with E-state index in [2.05, 4.69) is 10.3 Å². The number of alkyl halides is 3. The smallest absolute Gasteiger partial charge is 0.369 e. The van der Waals surface area contributed by atoms with Gasteiger partial charge in [0.1, 0.15) is 5.82 Å². The molecule has 1 atom stereocenters. The van der Waals surface area contributed by atoms with Crippen LogP contribution in [-0.2, 0) is 12.7 Å². The van der Waals surface area contributed by atoms with Crippen LogP contribution in [0.25, 0.3) is 0 Å². The van der Waals surface area contributed by atoms with Gasteiger partial charge in [-0.3, -0.25) is 0 Å². The number of halogens is 5. The van der Waals surface area contributed by atoms with Crippen LogP contribution < -0.4 is 10.2 Å². The monoisotopic (exact) mass is 357 g/mol. The summed E-state index contributed by atoms with van der Waals surface area (Å²) in [6.45, 7) is 1.69. The van der Waals surface area contributed by atoms with E-state index in [0.29, 0.717) is 12.1 Å². The molecule has 0 aliphatic carbocycles. The van der Waals surface area contributed by atoms with Crippen LogP contribution in [0, 0.1) is 11.8 Å². The molecule has 8 heteroatoms. The first-order chi connectivity index (χ1) is 11.8. The summed E-state index contributed by atoms with van der Waals surface area (Å²) in [5.41, 5.74) is 0.00535. The highest BCUT2D eigenvalue weighted by molar-refractivity contribution is 5.45. The third-order valence-corrected chi connectivity index (χ3v) is 4.20. The maximum Gasteiger partial charge on any atom is 0.419 e. The van der Waals surface area contributed by atoms with E-state index in [1.165, 1.54) is 18.3 Å². The number of rotatable bonds is 4. The first-order valence-corrected chi connectivity index (χ1v) is 7.78. The Morgan fingerprint density at radius 2 is 1.96 bits per heavy atom. The van der Waals surface area contributed by atoms with Gasteiger partial charge < -0.3 is 10.2 Å². The van der Waals surface area contributed by atoms with Gasteiger partial charge in [-0.1, -0.05) is 6.07 Å². The molecule has 1 aliphatic rings. The number of benzene rings is 1. The lowest BCUT2D eigenvalue weighted by atomic mass is 10.1. The molecule has 0 spiro atoms. The second-order valence-corrected chi connectivity index (χ2v) is 5.96. The Hall–Kier alpha value is -2.22.